The highest BCUT2D eigenvalue weighted by atomic mass is 16.7. The predicted molar refractivity (Wildman–Crippen MR) is 258 cm³/mol. The van der Waals surface area contributed by atoms with Gasteiger partial charge in [0.05, 0.1) is 34.4 Å². The van der Waals surface area contributed by atoms with Crippen molar-refractivity contribution >= 4 is 17.9 Å². The van der Waals surface area contributed by atoms with E-state index in [1.165, 1.54) is 148 Å². The normalized spacial score (nSPS) is 13.1. The summed E-state index contributed by atoms with van der Waals surface area (Å²) in [6, 6.07) is 0. The van der Waals surface area contributed by atoms with Crippen LogP contribution >= 0.6 is 0 Å². The Morgan fingerprint density at radius 1 is 0.484 bits per heavy atom. The van der Waals surface area contributed by atoms with Crippen LogP contribution in [0.2, 0.25) is 0 Å². The Bertz CT molecular complexity index is 1110. The number of hydrogen-bond donors (Lipinski definition) is 1. The van der Waals surface area contributed by atoms with E-state index < -0.39 is 24.3 Å². The van der Waals surface area contributed by atoms with Gasteiger partial charge in [-0.05, 0) is 51.4 Å². The van der Waals surface area contributed by atoms with Gasteiger partial charge in [0, 0.05) is 12.8 Å². The number of hydrogen-bond acceptors (Lipinski definition) is 7. The first-order valence-corrected chi connectivity index (χ1v) is 25.7. The Labute approximate surface area is 381 Å². The van der Waals surface area contributed by atoms with E-state index in [1.807, 2.05) is 21.1 Å². The van der Waals surface area contributed by atoms with Crippen molar-refractivity contribution in [3.05, 3.63) is 36.5 Å². The Morgan fingerprint density at radius 3 is 1.29 bits per heavy atom. The molecule has 9 nitrogen and oxygen atoms in total. The van der Waals surface area contributed by atoms with Crippen molar-refractivity contribution in [2.45, 2.75) is 238 Å². The standard InChI is InChI=1S/C53H97NO8/c1-6-8-10-12-14-16-17-18-19-20-21-22-23-24-25-26-27-28-29-30-31-32-33-34-35-36-38-40-42-44-51(56)62-49(48-61-53(52(57)58)59-46-45-54(3,4)5)47-60-50(55)43-41-39-37-15-13-11-9-7-2/h17-18,20-21,23-24,49,53H,6-16,19,22,25-48H2,1-5H3/p+1/b18-17-,21-20-,24-23-. The minimum Gasteiger partial charge on any atom is -0.477 e. The second-order valence-corrected chi connectivity index (χ2v) is 18.5. The molecule has 0 aliphatic carbocycles. The number of unbranched alkanes of at least 4 members (excludes halogenated alkanes) is 26. The monoisotopic (exact) mass is 877 g/mol. The maximum atomic E-state index is 12.8. The Hall–Kier alpha value is -2.49. The molecule has 0 saturated carbocycles. The fourth-order valence-electron chi connectivity index (χ4n) is 7.14. The van der Waals surface area contributed by atoms with Crippen LogP contribution in [0, 0.1) is 0 Å². The molecule has 0 aliphatic heterocycles. The van der Waals surface area contributed by atoms with Crippen molar-refractivity contribution in [3.8, 4) is 0 Å². The van der Waals surface area contributed by atoms with Gasteiger partial charge in [0.1, 0.15) is 13.2 Å². The molecular formula is C53H98NO8+. The van der Waals surface area contributed by atoms with Crippen molar-refractivity contribution < 1.29 is 42.9 Å². The molecule has 9 heteroatoms. The average Bonchev–Trinajstić information content (AvgIpc) is 3.23. The number of carbonyl (C=O) groups is 3. The molecule has 362 valence electrons. The number of esters is 2. The van der Waals surface area contributed by atoms with Crippen LogP contribution in [-0.2, 0) is 33.3 Å². The molecule has 0 amide bonds. The molecule has 0 aliphatic rings. The molecule has 2 atom stereocenters. The molecule has 2 unspecified atom stereocenters. The van der Waals surface area contributed by atoms with E-state index in [9.17, 15) is 19.5 Å². The summed E-state index contributed by atoms with van der Waals surface area (Å²) in [7, 11) is 5.96. The fraction of sp³-hybridized carbons (Fsp3) is 0.830. The lowest BCUT2D eigenvalue weighted by Crippen LogP contribution is -2.40. The van der Waals surface area contributed by atoms with E-state index in [0.717, 1.165) is 51.4 Å². The van der Waals surface area contributed by atoms with E-state index in [2.05, 4.69) is 50.3 Å². The number of carboxylic acids is 1. The minimum atomic E-state index is -1.51. The summed E-state index contributed by atoms with van der Waals surface area (Å²) in [4.78, 5) is 37.0. The predicted octanol–water partition coefficient (Wildman–Crippen LogP) is 14.2. The first-order chi connectivity index (χ1) is 30.1. The summed E-state index contributed by atoms with van der Waals surface area (Å²) < 4.78 is 22.7. The number of carbonyl (C=O) groups excluding carboxylic acids is 2. The van der Waals surface area contributed by atoms with E-state index in [1.54, 1.807) is 0 Å². The molecule has 1 N–H and O–H groups in total. The van der Waals surface area contributed by atoms with Crippen LogP contribution in [-0.4, -0.2) is 87.4 Å². The Balaban J connectivity index is 4.10. The van der Waals surface area contributed by atoms with Gasteiger partial charge in [-0.2, -0.15) is 0 Å². The molecule has 0 bridgehead atoms. The zero-order valence-electron chi connectivity index (χ0n) is 41.0. The van der Waals surface area contributed by atoms with Crippen LogP contribution in [0.15, 0.2) is 36.5 Å². The lowest BCUT2D eigenvalue weighted by molar-refractivity contribution is -0.870. The number of nitrogens with zero attached hydrogens (tertiary/aromatic N) is 1. The molecule has 0 aromatic rings. The van der Waals surface area contributed by atoms with Crippen LogP contribution in [0.3, 0.4) is 0 Å². The van der Waals surface area contributed by atoms with Gasteiger partial charge in [0.15, 0.2) is 6.10 Å². The molecule has 0 rings (SSSR count). The summed E-state index contributed by atoms with van der Waals surface area (Å²) in [5.41, 5.74) is 0. The van der Waals surface area contributed by atoms with Crippen molar-refractivity contribution in [2.24, 2.45) is 0 Å². The van der Waals surface area contributed by atoms with Gasteiger partial charge >= 0.3 is 17.9 Å². The highest BCUT2D eigenvalue weighted by Crippen LogP contribution is 2.15. The molecule has 0 radical (unpaired) electrons. The summed E-state index contributed by atoms with van der Waals surface area (Å²) in [6.45, 7) is 4.84. The van der Waals surface area contributed by atoms with Gasteiger partial charge in [-0.3, -0.25) is 9.59 Å². The quantitative estimate of drug-likeness (QED) is 0.0212. The zero-order chi connectivity index (χ0) is 45.6. The second-order valence-electron chi connectivity index (χ2n) is 18.5. The third-order valence-corrected chi connectivity index (χ3v) is 11.1. The molecule has 0 heterocycles. The lowest BCUT2D eigenvalue weighted by atomic mass is 10.0. The van der Waals surface area contributed by atoms with Crippen molar-refractivity contribution in [3.63, 3.8) is 0 Å². The maximum Gasteiger partial charge on any atom is 0.361 e. The van der Waals surface area contributed by atoms with Gasteiger partial charge in [-0.15, -0.1) is 0 Å². The van der Waals surface area contributed by atoms with Crippen molar-refractivity contribution in [1.82, 2.24) is 0 Å². The summed E-state index contributed by atoms with van der Waals surface area (Å²) >= 11 is 0. The summed E-state index contributed by atoms with van der Waals surface area (Å²) in [6.07, 6.45) is 49.5. The maximum absolute atomic E-state index is 12.8. The fourth-order valence-corrected chi connectivity index (χ4v) is 7.14. The van der Waals surface area contributed by atoms with E-state index in [0.29, 0.717) is 17.4 Å². The topological polar surface area (TPSA) is 108 Å². The zero-order valence-corrected chi connectivity index (χ0v) is 41.0. The van der Waals surface area contributed by atoms with Crippen LogP contribution in [0.4, 0.5) is 0 Å². The van der Waals surface area contributed by atoms with E-state index in [-0.39, 0.29) is 32.2 Å². The highest BCUT2D eigenvalue weighted by Gasteiger charge is 2.25. The Morgan fingerprint density at radius 2 is 0.871 bits per heavy atom. The van der Waals surface area contributed by atoms with Gasteiger partial charge in [-0.1, -0.05) is 198 Å². The van der Waals surface area contributed by atoms with Gasteiger partial charge < -0.3 is 28.5 Å². The van der Waals surface area contributed by atoms with Crippen LogP contribution in [0.25, 0.3) is 0 Å². The second kappa shape index (κ2) is 45.1. The average molecular weight is 877 g/mol. The molecule has 0 spiro atoms. The van der Waals surface area contributed by atoms with Crippen LogP contribution in [0.1, 0.15) is 226 Å². The van der Waals surface area contributed by atoms with Gasteiger partial charge in [0.2, 0.25) is 0 Å². The summed E-state index contributed by atoms with van der Waals surface area (Å²) in [5.74, 6) is -2.00. The van der Waals surface area contributed by atoms with Crippen molar-refractivity contribution in [1.29, 1.82) is 0 Å². The molecule has 0 saturated heterocycles. The minimum absolute atomic E-state index is 0.179. The van der Waals surface area contributed by atoms with Crippen molar-refractivity contribution in [2.75, 3.05) is 47.5 Å². The first-order valence-electron chi connectivity index (χ1n) is 25.7. The van der Waals surface area contributed by atoms with E-state index in [4.69, 9.17) is 18.9 Å². The number of carboxylic acid groups (broad SMARTS) is 1. The highest BCUT2D eigenvalue weighted by molar-refractivity contribution is 5.71. The number of rotatable bonds is 47. The number of likely N-dealkylation sites (N-methyl/N-ethyl adjacent to an activating group) is 1. The Kier molecular flexibility index (Phi) is 43.3. The smallest absolute Gasteiger partial charge is 0.361 e. The molecule has 0 aromatic carbocycles. The molecular weight excluding hydrogens is 779 g/mol. The van der Waals surface area contributed by atoms with Gasteiger partial charge in [0.25, 0.3) is 6.29 Å². The summed E-state index contributed by atoms with van der Waals surface area (Å²) in [5, 5.41) is 9.63. The number of allylic oxidation sites excluding steroid dienone is 6. The lowest BCUT2D eigenvalue weighted by Gasteiger charge is -2.25. The number of quaternary nitrogens is 1. The first kappa shape index (κ1) is 59.5. The number of aliphatic carboxylic acids is 1. The molecule has 0 aromatic heterocycles. The third kappa shape index (κ3) is 45.5. The van der Waals surface area contributed by atoms with E-state index >= 15 is 0 Å². The number of ether oxygens (including phenoxy) is 4. The van der Waals surface area contributed by atoms with Crippen LogP contribution in [0.5, 0.6) is 0 Å². The van der Waals surface area contributed by atoms with Crippen LogP contribution < -0.4 is 0 Å². The van der Waals surface area contributed by atoms with Gasteiger partial charge in [-0.25, -0.2) is 4.79 Å². The largest absolute Gasteiger partial charge is 0.477 e. The molecule has 0 fully saturated rings. The third-order valence-electron chi connectivity index (χ3n) is 11.1. The SMILES string of the molecule is CCCCCCC/C=C\C/C=C\C/C=C\CCCCCCCCCCCCCCCCC(=O)OC(COC(=O)CCCCCCCCCC)COC(OCC[N+](C)(C)C)C(=O)O. The molecule has 62 heavy (non-hydrogen) atoms.